The first kappa shape index (κ1) is 13.3. The van der Waals surface area contributed by atoms with Gasteiger partial charge in [-0.05, 0) is 18.4 Å². The summed E-state index contributed by atoms with van der Waals surface area (Å²) in [4.78, 5) is 23.9. The first-order valence-corrected chi connectivity index (χ1v) is 6.19. The highest BCUT2D eigenvalue weighted by atomic mass is 16.3. The van der Waals surface area contributed by atoms with Crippen molar-refractivity contribution in [3.8, 4) is 0 Å². The van der Waals surface area contributed by atoms with Gasteiger partial charge < -0.3 is 5.11 Å². The molecule has 0 aliphatic heterocycles. The third kappa shape index (κ3) is 2.01. The summed E-state index contributed by atoms with van der Waals surface area (Å²) in [7, 11) is 0. The molecule has 1 aromatic rings. The molecule has 0 fully saturated rings. The van der Waals surface area contributed by atoms with Crippen molar-refractivity contribution in [2.45, 2.75) is 19.8 Å². The Morgan fingerprint density at radius 1 is 1.42 bits per heavy atom. The minimum atomic E-state index is -0.478. The zero-order chi connectivity index (χ0) is 14.2. The van der Waals surface area contributed by atoms with Crippen molar-refractivity contribution in [1.82, 2.24) is 0 Å². The van der Waals surface area contributed by atoms with Crippen LogP contribution < -0.4 is 0 Å². The van der Waals surface area contributed by atoms with Crippen LogP contribution >= 0.6 is 0 Å². The molecule has 1 aromatic carbocycles. The maximum absolute atomic E-state index is 12.1. The van der Waals surface area contributed by atoms with Gasteiger partial charge in [-0.2, -0.15) is 0 Å². The van der Waals surface area contributed by atoms with Crippen LogP contribution in [0.4, 0.5) is 0 Å². The van der Waals surface area contributed by atoms with Gasteiger partial charge in [-0.3, -0.25) is 9.59 Å². The number of aliphatic hydroxyl groups excluding tert-OH is 1. The van der Waals surface area contributed by atoms with Crippen molar-refractivity contribution in [2.75, 3.05) is 0 Å². The Bertz CT molecular complexity index is 596. The number of benzene rings is 1. The van der Waals surface area contributed by atoms with E-state index in [-0.39, 0.29) is 23.2 Å². The third-order valence-electron chi connectivity index (χ3n) is 3.60. The van der Waals surface area contributed by atoms with Crippen molar-refractivity contribution in [1.29, 1.82) is 0 Å². The Hall–Kier alpha value is -2.16. The standard InChI is InChI=1S/C16H16O3/c1-4-9(2)13-11-7-5-6-8-12(11)15(18)16(19)14(13)10(3)17/h4-9,13,19H,1H2,2-3H3. The summed E-state index contributed by atoms with van der Waals surface area (Å²) in [6.07, 6.45) is 1.73. The molecule has 0 saturated carbocycles. The molecule has 1 aliphatic rings. The van der Waals surface area contributed by atoms with Crippen molar-refractivity contribution >= 4 is 11.6 Å². The fraction of sp³-hybridized carbons (Fsp3) is 0.250. The molecule has 1 N–H and O–H groups in total. The highest BCUT2D eigenvalue weighted by Gasteiger charge is 2.37. The van der Waals surface area contributed by atoms with E-state index in [9.17, 15) is 14.7 Å². The van der Waals surface area contributed by atoms with E-state index in [2.05, 4.69) is 6.58 Å². The molecule has 0 aromatic heterocycles. The Kier molecular flexibility index (Phi) is 3.38. The van der Waals surface area contributed by atoms with E-state index in [1.165, 1.54) is 6.92 Å². The number of fused-ring (bicyclic) bond motifs is 1. The average molecular weight is 256 g/mol. The SMILES string of the molecule is C=CC(C)C1C(C(C)=O)=C(O)C(=O)c2ccccc21. The molecule has 1 aliphatic carbocycles. The molecule has 0 amide bonds. The number of allylic oxidation sites excluding steroid dienone is 3. The summed E-state index contributed by atoms with van der Waals surface area (Å²) in [5.74, 6) is -1.54. The van der Waals surface area contributed by atoms with Crippen LogP contribution in [-0.2, 0) is 4.79 Å². The lowest BCUT2D eigenvalue weighted by Gasteiger charge is -2.29. The molecule has 2 unspecified atom stereocenters. The van der Waals surface area contributed by atoms with Gasteiger partial charge in [-0.15, -0.1) is 6.58 Å². The van der Waals surface area contributed by atoms with Crippen LogP contribution in [0.5, 0.6) is 0 Å². The number of Topliss-reactive ketones (excluding diaryl/α,β-unsaturated/α-hetero) is 2. The summed E-state index contributed by atoms with van der Waals surface area (Å²) in [6, 6.07) is 7.08. The summed E-state index contributed by atoms with van der Waals surface area (Å²) < 4.78 is 0. The minimum Gasteiger partial charge on any atom is -0.504 e. The summed E-state index contributed by atoms with van der Waals surface area (Å²) in [6.45, 7) is 7.03. The molecule has 3 heteroatoms. The van der Waals surface area contributed by atoms with Gasteiger partial charge in [0, 0.05) is 17.1 Å². The largest absolute Gasteiger partial charge is 0.504 e. The third-order valence-corrected chi connectivity index (χ3v) is 3.60. The van der Waals surface area contributed by atoms with Gasteiger partial charge in [-0.25, -0.2) is 0 Å². The van der Waals surface area contributed by atoms with Crippen LogP contribution in [0.15, 0.2) is 48.3 Å². The quantitative estimate of drug-likeness (QED) is 0.845. The molecule has 0 radical (unpaired) electrons. The van der Waals surface area contributed by atoms with Gasteiger partial charge in [0.1, 0.15) is 0 Å². The van der Waals surface area contributed by atoms with Gasteiger partial charge in [0.05, 0.1) is 0 Å². The van der Waals surface area contributed by atoms with Crippen LogP contribution in [0, 0.1) is 5.92 Å². The van der Waals surface area contributed by atoms with Crippen molar-refractivity contribution in [3.63, 3.8) is 0 Å². The topological polar surface area (TPSA) is 54.4 Å². The lowest BCUT2D eigenvalue weighted by molar-refractivity contribution is -0.114. The van der Waals surface area contributed by atoms with E-state index in [1.54, 1.807) is 18.2 Å². The average Bonchev–Trinajstić information content (AvgIpc) is 2.41. The second-order valence-corrected chi connectivity index (χ2v) is 4.81. The second-order valence-electron chi connectivity index (χ2n) is 4.81. The molecule has 2 atom stereocenters. The maximum atomic E-state index is 12.1. The molecule has 0 bridgehead atoms. The predicted octanol–water partition coefficient (Wildman–Crippen LogP) is 3.19. The number of rotatable bonds is 3. The molecule has 0 saturated heterocycles. The second kappa shape index (κ2) is 4.84. The van der Waals surface area contributed by atoms with E-state index >= 15 is 0 Å². The van der Waals surface area contributed by atoms with Crippen LogP contribution in [0.1, 0.15) is 35.7 Å². The van der Waals surface area contributed by atoms with E-state index in [4.69, 9.17) is 0 Å². The first-order chi connectivity index (χ1) is 8.99. The number of carbonyl (C=O) groups excluding carboxylic acids is 2. The molecule has 2 rings (SSSR count). The fourth-order valence-electron chi connectivity index (χ4n) is 2.60. The van der Waals surface area contributed by atoms with Crippen LogP contribution in [0.3, 0.4) is 0 Å². The minimum absolute atomic E-state index is 0.0460. The normalized spacial score (nSPS) is 19.9. The Morgan fingerprint density at radius 2 is 2.05 bits per heavy atom. The molecule has 0 spiro atoms. The fourth-order valence-corrected chi connectivity index (χ4v) is 2.60. The van der Waals surface area contributed by atoms with Gasteiger partial charge in [0.15, 0.2) is 11.5 Å². The number of ketones is 2. The zero-order valence-electron chi connectivity index (χ0n) is 11.0. The highest BCUT2D eigenvalue weighted by Crippen LogP contribution is 2.40. The number of hydrogen-bond acceptors (Lipinski definition) is 3. The highest BCUT2D eigenvalue weighted by molar-refractivity contribution is 6.15. The lowest BCUT2D eigenvalue weighted by atomic mass is 9.73. The Morgan fingerprint density at radius 3 is 2.63 bits per heavy atom. The predicted molar refractivity (Wildman–Crippen MR) is 73.2 cm³/mol. The molecular formula is C16H16O3. The van der Waals surface area contributed by atoms with Crippen molar-refractivity contribution in [3.05, 3.63) is 59.4 Å². The first-order valence-electron chi connectivity index (χ1n) is 6.19. The van der Waals surface area contributed by atoms with Gasteiger partial charge in [-0.1, -0.05) is 37.3 Å². The van der Waals surface area contributed by atoms with Gasteiger partial charge in [0.25, 0.3) is 0 Å². The van der Waals surface area contributed by atoms with Crippen LogP contribution in [0.2, 0.25) is 0 Å². The number of aliphatic hydroxyl groups is 1. The van der Waals surface area contributed by atoms with Crippen LogP contribution in [-0.4, -0.2) is 16.7 Å². The smallest absolute Gasteiger partial charge is 0.228 e. The van der Waals surface area contributed by atoms with Crippen molar-refractivity contribution < 1.29 is 14.7 Å². The number of hydrogen-bond donors (Lipinski definition) is 1. The Labute approximate surface area is 112 Å². The maximum Gasteiger partial charge on any atom is 0.228 e. The molecular weight excluding hydrogens is 240 g/mol. The lowest BCUT2D eigenvalue weighted by Crippen LogP contribution is -2.27. The van der Waals surface area contributed by atoms with E-state index in [0.717, 1.165) is 5.56 Å². The summed E-state index contributed by atoms with van der Waals surface area (Å²) in [5.41, 5.74) is 1.43. The van der Waals surface area contributed by atoms with Gasteiger partial charge in [0.2, 0.25) is 5.78 Å². The molecule has 19 heavy (non-hydrogen) atoms. The molecule has 0 heterocycles. The molecule has 98 valence electrons. The monoisotopic (exact) mass is 256 g/mol. The van der Waals surface area contributed by atoms with Gasteiger partial charge >= 0.3 is 0 Å². The summed E-state index contributed by atoms with van der Waals surface area (Å²) in [5, 5.41) is 10.0. The number of carbonyl (C=O) groups is 2. The molecule has 3 nitrogen and oxygen atoms in total. The zero-order valence-corrected chi connectivity index (χ0v) is 11.0. The van der Waals surface area contributed by atoms with E-state index in [1.807, 2.05) is 19.1 Å². The van der Waals surface area contributed by atoms with E-state index in [0.29, 0.717) is 5.56 Å². The summed E-state index contributed by atoms with van der Waals surface area (Å²) >= 11 is 0. The van der Waals surface area contributed by atoms with E-state index < -0.39 is 11.5 Å². The van der Waals surface area contributed by atoms with Crippen molar-refractivity contribution in [2.24, 2.45) is 5.92 Å². The van der Waals surface area contributed by atoms with Crippen LogP contribution in [0.25, 0.3) is 0 Å². The Balaban J connectivity index is 2.73.